The van der Waals surface area contributed by atoms with Gasteiger partial charge in [-0.25, -0.2) is 4.39 Å². The molecule has 0 spiro atoms. The lowest BCUT2D eigenvalue weighted by atomic mass is 9.77. The van der Waals surface area contributed by atoms with E-state index in [1.165, 1.54) is 12.1 Å². The molecule has 1 amide bonds. The molecule has 2 atom stereocenters. The Morgan fingerprint density at radius 3 is 2.71 bits per heavy atom. The van der Waals surface area contributed by atoms with Gasteiger partial charge in [0.25, 0.3) is 0 Å². The summed E-state index contributed by atoms with van der Waals surface area (Å²) in [5, 5.41) is 6.40. The van der Waals surface area contributed by atoms with Crippen molar-refractivity contribution in [3.63, 3.8) is 0 Å². The van der Waals surface area contributed by atoms with Gasteiger partial charge in [-0.2, -0.15) is 0 Å². The maximum absolute atomic E-state index is 12.9. The molecule has 1 aliphatic heterocycles. The molecular formula is C17H25FN2O. The third kappa shape index (κ3) is 4.27. The van der Waals surface area contributed by atoms with E-state index < -0.39 is 0 Å². The first kappa shape index (κ1) is 16.0. The van der Waals surface area contributed by atoms with Crippen LogP contribution in [0, 0.1) is 11.2 Å². The van der Waals surface area contributed by atoms with Crippen molar-refractivity contribution in [2.24, 2.45) is 5.41 Å². The monoisotopic (exact) mass is 292 g/mol. The highest BCUT2D eigenvalue weighted by atomic mass is 19.1. The van der Waals surface area contributed by atoms with Crippen molar-refractivity contribution in [2.75, 3.05) is 6.54 Å². The molecule has 1 fully saturated rings. The fourth-order valence-corrected chi connectivity index (χ4v) is 3.01. The van der Waals surface area contributed by atoms with Gasteiger partial charge in [-0.15, -0.1) is 0 Å². The third-order valence-corrected chi connectivity index (χ3v) is 4.23. The van der Waals surface area contributed by atoms with Crippen molar-refractivity contribution in [2.45, 2.75) is 52.1 Å². The molecule has 21 heavy (non-hydrogen) atoms. The van der Waals surface area contributed by atoms with Crippen LogP contribution in [0.2, 0.25) is 0 Å². The van der Waals surface area contributed by atoms with E-state index in [0.29, 0.717) is 6.42 Å². The minimum atomic E-state index is -0.233. The van der Waals surface area contributed by atoms with Crippen LogP contribution in [-0.2, 0) is 11.2 Å². The second-order valence-corrected chi connectivity index (χ2v) is 6.72. The zero-order chi connectivity index (χ0) is 15.5. The van der Waals surface area contributed by atoms with Crippen molar-refractivity contribution in [1.82, 2.24) is 10.6 Å². The van der Waals surface area contributed by atoms with Gasteiger partial charge in [0.2, 0.25) is 5.91 Å². The molecule has 1 heterocycles. The van der Waals surface area contributed by atoms with Crippen molar-refractivity contribution in [1.29, 1.82) is 0 Å². The molecule has 1 saturated heterocycles. The van der Waals surface area contributed by atoms with Crippen molar-refractivity contribution in [3.8, 4) is 0 Å². The Morgan fingerprint density at radius 2 is 2.10 bits per heavy atom. The van der Waals surface area contributed by atoms with Crippen LogP contribution in [0.5, 0.6) is 0 Å². The van der Waals surface area contributed by atoms with Gasteiger partial charge in [0.15, 0.2) is 0 Å². The average molecular weight is 292 g/mol. The second kappa shape index (κ2) is 6.56. The van der Waals surface area contributed by atoms with E-state index in [0.717, 1.165) is 24.9 Å². The molecule has 2 unspecified atom stereocenters. The third-order valence-electron chi connectivity index (χ3n) is 4.23. The maximum Gasteiger partial charge on any atom is 0.237 e. The summed E-state index contributed by atoms with van der Waals surface area (Å²) in [5.41, 5.74) is 1.01. The maximum atomic E-state index is 12.9. The van der Waals surface area contributed by atoms with Gasteiger partial charge >= 0.3 is 0 Å². The van der Waals surface area contributed by atoms with Gasteiger partial charge < -0.3 is 10.6 Å². The smallest absolute Gasteiger partial charge is 0.237 e. The fourth-order valence-electron chi connectivity index (χ4n) is 3.01. The van der Waals surface area contributed by atoms with Gasteiger partial charge in [0.1, 0.15) is 5.82 Å². The van der Waals surface area contributed by atoms with Crippen LogP contribution < -0.4 is 10.6 Å². The number of nitrogens with one attached hydrogen (secondary N) is 2. The predicted octanol–water partition coefficient (Wildman–Crippen LogP) is 2.65. The first-order valence-corrected chi connectivity index (χ1v) is 7.67. The second-order valence-electron chi connectivity index (χ2n) is 6.72. The summed E-state index contributed by atoms with van der Waals surface area (Å²) in [6, 6.07) is 6.33. The number of hydrogen-bond donors (Lipinski definition) is 2. The van der Waals surface area contributed by atoms with Crippen molar-refractivity contribution in [3.05, 3.63) is 35.6 Å². The van der Waals surface area contributed by atoms with Crippen LogP contribution >= 0.6 is 0 Å². The van der Waals surface area contributed by atoms with Gasteiger partial charge in [0, 0.05) is 6.04 Å². The number of amides is 1. The van der Waals surface area contributed by atoms with Crippen LogP contribution in [0.25, 0.3) is 0 Å². The number of halogens is 1. The zero-order valence-electron chi connectivity index (χ0n) is 13.1. The van der Waals surface area contributed by atoms with E-state index in [2.05, 4.69) is 24.5 Å². The van der Waals surface area contributed by atoms with E-state index in [-0.39, 0.29) is 29.2 Å². The zero-order valence-corrected chi connectivity index (χ0v) is 13.1. The lowest BCUT2D eigenvalue weighted by molar-refractivity contribution is -0.127. The number of carbonyl (C=O) groups is 1. The fraction of sp³-hybridized carbons (Fsp3) is 0.588. The van der Waals surface area contributed by atoms with Gasteiger partial charge in [-0.1, -0.05) is 26.0 Å². The SMILES string of the molecule is CC(Cc1ccc(F)cc1)NC(=O)C1NCCCC1(C)C. The van der Waals surface area contributed by atoms with Crippen molar-refractivity contribution < 1.29 is 9.18 Å². The topological polar surface area (TPSA) is 41.1 Å². The summed E-state index contributed by atoms with van der Waals surface area (Å²) in [7, 11) is 0. The van der Waals surface area contributed by atoms with Crippen molar-refractivity contribution >= 4 is 5.91 Å². The molecule has 0 aliphatic carbocycles. The summed E-state index contributed by atoms with van der Waals surface area (Å²) in [5.74, 6) is -0.169. The van der Waals surface area contributed by atoms with E-state index in [9.17, 15) is 9.18 Å². The standard InChI is InChI=1S/C17H25FN2O/c1-12(11-13-5-7-14(18)8-6-13)20-16(21)15-17(2,3)9-4-10-19-15/h5-8,12,15,19H,4,9-11H2,1-3H3,(H,20,21). The Hall–Kier alpha value is -1.42. The Bertz CT molecular complexity index is 484. The highest BCUT2D eigenvalue weighted by Gasteiger charge is 2.37. The molecule has 1 aliphatic rings. The summed E-state index contributed by atoms with van der Waals surface area (Å²) < 4.78 is 12.9. The number of benzene rings is 1. The van der Waals surface area contributed by atoms with E-state index >= 15 is 0 Å². The quantitative estimate of drug-likeness (QED) is 0.896. The normalized spacial score (nSPS) is 22.6. The summed E-state index contributed by atoms with van der Waals surface area (Å²) in [6.07, 6.45) is 2.88. The Kier molecular flexibility index (Phi) is 4.99. The Balaban J connectivity index is 1.91. The summed E-state index contributed by atoms with van der Waals surface area (Å²) in [6.45, 7) is 7.15. The average Bonchev–Trinajstić information content (AvgIpc) is 2.40. The first-order chi connectivity index (χ1) is 9.88. The molecule has 3 nitrogen and oxygen atoms in total. The molecule has 0 aromatic heterocycles. The Labute approximate surface area is 126 Å². The first-order valence-electron chi connectivity index (χ1n) is 7.67. The minimum absolute atomic E-state index is 0.0159. The van der Waals surface area contributed by atoms with Gasteiger partial charge in [0.05, 0.1) is 6.04 Å². The molecular weight excluding hydrogens is 267 g/mol. The summed E-state index contributed by atoms with van der Waals surface area (Å²) in [4.78, 5) is 12.4. The lowest BCUT2D eigenvalue weighted by Gasteiger charge is -2.38. The number of hydrogen-bond acceptors (Lipinski definition) is 2. The molecule has 2 N–H and O–H groups in total. The largest absolute Gasteiger partial charge is 0.352 e. The highest BCUT2D eigenvalue weighted by Crippen LogP contribution is 2.30. The molecule has 116 valence electrons. The molecule has 0 saturated carbocycles. The molecule has 0 radical (unpaired) electrons. The predicted molar refractivity (Wildman–Crippen MR) is 82.5 cm³/mol. The van der Waals surface area contributed by atoms with Gasteiger partial charge in [-0.05, 0) is 55.8 Å². The number of carbonyl (C=O) groups excluding carboxylic acids is 1. The van der Waals surface area contributed by atoms with Crippen LogP contribution in [-0.4, -0.2) is 24.5 Å². The number of piperidine rings is 1. The highest BCUT2D eigenvalue weighted by molar-refractivity contribution is 5.83. The van der Waals surface area contributed by atoms with Gasteiger partial charge in [-0.3, -0.25) is 4.79 Å². The van der Waals surface area contributed by atoms with Crippen LogP contribution in [0.15, 0.2) is 24.3 Å². The van der Waals surface area contributed by atoms with E-state index in [1.54, 1.807) is 12.1 Å². The van der Waals surface area contributed by atoms with Crippen LogP contribution in [0.1, 0.15) is 39.2 Å². The minimum Gasteiger partial charge on any atom is -0.352 e. The molecule has 2 rings (SSSR count). The molecule has 0 bridgehead atoms. The summed E-state index contributed by atoms with van der Waals surface area (Å²) >= 11 is 0. The molecule has 1 aromatic rings. The molecule has 1 aromatic carbocycles. The van der Waals surface area contributed by atoms with Crippen LogP contribution in [0.3, 0.4) is 0 Å². The number of rotatable bonds is 4. The van der Waals surface area contributed by atoms with E-state index in [1.807, 2.05) is 6.92 Å². The van der Waals surface area contributed by atoms with E-state index in [4.69, 9.17) is 0 Å². The Morgan fingerprint density at radius 1 is 1.43 bits per heavy atom. The molecule has 4 heteroatoms. The lowest BCUT2D eigenvalue weighted by Crippen LogP contribution is -2.57. The van der Waals surface area contributed by atoms with Crippen LogP contribution in [0.4, 0.5) is 4.39 Å².